The van der Waals surface area contributed by atoms with Crippen molar-refractivity contribution < 1.29 is 18.0 Å². The summed E-state index contributed by atoms with van der Waals surface area (Å²) in [6, 6.07) is 12.3. The summed E-state index contributed by atoms with van der Waals surface area (Å²) in [7, 11) is 0. The zero-order chi connectivity index (χ0) is 23.4. The highest BCUT2D eigenvalue weighted by molar-refractivity contribution is 5.83. The Bertz CT molecular complexity index is 1100. The van der Waals surface area contributed by atoms with Gasteiger partial charge in [0, 0.05) is 24.5 Å². The van der Waals surface area contributed by atoms with Gasteiger partial charge in [0.1, 0.15) is 17.4 Å². The molecule has 0 saturated heterocycles. The average molecular weight is 456 g/mol. The van der Waals surface area contributed by atoms with Crippen LogP contribution in [0.5, 0.6) is 0 Å². The number of hydrogen-bond donors (Lipinski definition) is 3. The number of halogens is 3. The molecule has 10 heteroatoms. The van der Waals surface area contributed by atoms with Crippen LogP contribution >= 0.6 is 0 Å². The third-order valence-corrected chi connectivity index (χ3v) is 5.38. The van der Waals surface area contributed by atoms with Crippen LogP contribution in [0.3, 0.4) is 0 Å². The third-order valence-electron chi connectivity index (χ3n) is 5.38. The van der Waals surface area contributed by atoms with Crippen molar-refractivity contribution in [3.05, 3.63) is 66.0 Å². The Hall–Kier alpha value is -3.69. The van der Waals surface area contributed by atoms with Crippen molar-refractivity contribution in [2.45, 2.75) is 38.0 Å². The zero-order valence-electron chi connectivity index (χ0n) is 17.6. The molecule has 1 aromatic carbocycles. The van der Waals surface area contributed by atoms with Crippen LogP contribution in [-0.4, -0.2) is 26.9 Å². The first-order valence-corrected chi connectivity index (χ1v) is 10.5. The molecule has 172 valence electrons. The van der Waals surface area contributed by atoms with Crippen LogP contribution < -0.4 is 16.4 Å². The number of carbonyl (C=O) groups is 1. The Kier molecular flexibility index (Phi) is 6.43. The fraction of sp³-hybridized carbons (Fsp3) is 0.304. The van der Waals surface area contributed by atoms with Gasteiger partial charge in [0.2, 0.25) is 11.9 Å². The molecule has 2 aromatic heterocycles. The lowest BCUT2D eigenvalue weighted by Crippen LogP contribution is -2.37. The summed E-state index contributed by atoms with van der Waals surface area (Å²) in [6.45, 7) is 0.300. The lowest BCUT2D eigenvalue weighted by atomic mass is 10.1. The number of nitrogens with zero attached hydrogens (tertiary/aromatic N) is 3. The van der Waals surface area contributed by atoms with Crippen molar-refractivity contribution >= 4 is 17.7 Å². The van der Waals surface area contributed by atoms with Gasteiger partial charge in [0.05, 0.1) is 5.69 Å². The van der Waals surface area contributed by atoms with E-state index in [1.807, 2.05) is 42.5 Å². The predicted octanol–water partition coefficient (Wildman–Crippen LogP) is 4.24. The molecule has 0 radical (unpaired) electrons. The molecule has 33 heavy (non-hydrogen) atoms. The largest absolute Gasteiger partial charge is 0.421 e. The minimum atomic E-state index is -4.68. The van der Waals surface area contributed by atoms with Crippen LogP contribution in [0.2, 0.25) is 0 Å². The van der Waals surface area contributed by atoms with Crippen molar-refractivity contribution in [2.24, 2.45) is 11.7 Å². The molecule has 3 aromatic rings. The smallest absolute Gasteiger partial charge is 0.368 e. The van der Waals surface area contributed by atoms with Gasteiger partial charge in [0.15, 0.2) is 0 Å². The highest BCUT2D eigenvalue weighted by atomic mass is 19.4. The topological polar surface area (TPSA) is 106 Å². The Balaban J connectivity index is 1.48. The van der Waals surface area contributed by atoms with Gasteiger partial charge in [-0.1, -0.05) is 43.2 Å². The van der Waals surface area contributed by atoms with Crippen molar-refractivity contribution in [2.75, 3.05) is 10.6 Å². The fourth-order valence-electron chi connectivity index (χ4n) is 3.39. The van der Waals surface area contributed by atoms with Crippen molar-refractivity contribution in [3.8, 4) is 11.3 Å². The highest BCUT2D eigenvalue weighted by Crippen LogP contribution is 2.37. The maximum atomic E-state index is 13.5. The minimum Gasteiger partial charge on any atom is -0.368 e. The van der Waals surface area contributed by atoms with E-state index in [0.29, 0.717) is 19.2 Å². The number of pyridine rings is 1. The van der Waals surface area contributed by atoms with Crippen LogP contribution in [0.4, 0.5) is 24.9 Å². The number of anilines is 2. The second-order valence-electron chi connectivity index (χ2n) is 8.00. The normalized spacial score (nSPS) is 14.5. The number of hydrogen-bond acceptors (Lipinski definition) is 6. The molecule has 1 atom stereocenters. The molecule has 1 aliphatic rings. The molecule has 0 aliphatic heterocycles. The van der Waals surface area contributed by atoms with E-state index in [1.54, 1.807) is 6.20 Å². The van der Waals surface area contributed by atoms with E-state index in [1.165, 1.54) is 0 Å². The van der Waals surface area contributed by atoms with Crippen molar-refractivity contribution in [1.29, 1.82) is 0 Å². The van der Waals surface area contributed by atoms with E-state index in [-0.39, 0.29) is 11.9 Å². The first-order chi connectivity index (χ1) is 15.8. The summed E-state index contributed by atoms with van der Waals surface area (Å²) in [5, 5.41) is 5.53. The van der Waals surface area contributed by atoms with Crippen LogP contribution in [0, 0.1) is 5.92 Å². The molecule has 1 amide bonds. The number of nitrogens with two attached hydrogens (primary N) is 1. The van der Waals surface area contributed by atoms with Crippen LogP contribution in [0.15, 0.2) is 54.9 Å². The van der Waals surface area contributed by atoms with E-state index >= 15 is 0 Å². The number of nitrogens with one attached hydrogen (secondary N) is 2. The second-order valence-corrected chi connectivity index (χ2v) is 8.00. The first kappa shape index (κ1) is 22.5. The molecule has 0 spiro atoms. The lowest BCUT2D eigenvalue weighted by Gasteiger charge is -2.19. The van der Waals surface area contributed by atoms with E-state index in [4.69, 9.17) is 5.73 Å². The molecule has 1 fully saturated rings. The highest BCUT2D eigenvalue weighted by Gasteiger charge is 2.37. The summed E-state index contributed by atoms with van der Waals surface area (Å²) in [5.74, 6) is -0.877. The van der Waals surface area contributed by atoms with Gasteiger partial charge < -0.3 is 16.4 Å². The summed E-state index contributed by atoms with van der Waals surface area (Å²) in [5.41, 5.74) is 7.03. The maximum Gasteiger partial charge on any atom is 0.421 e. The second kappa shape index (κ2) is 9.43. The van der Waals surface area contributed by atoms with Gasteiger partial charge in [-0.2, -0.15) is 18.2 Å². The molecule has 0 bridgehead atoms. The fourth-order valence-corrected chi connectivity index (χ4v) is 3.39. The summed E-state index contributed by atoms with van der Waals surface area (Å²) in [4.78, 5) is 23.9. The quantitative estimate of drug-likeness (QED) is 0.445. The number of alkyl halides is 3. The van der Waals surface area contributed by atoms with Gasteiger partial charge in [-0.3, -0.25) is 9.78 Å². The molecule has 2 heterocycles. The summed E-state index contributed by atoms with van der Waals surface area (Å²) >= 11 is 0. The molecule has 0 unspecified atom stereocenters. The summed E-state index contributed by atoms with van der Waals surface area (Å²) < 4.78 is 40.4. The van der Waals surface area contributed by atoms with Crippen LogP contribution in [0.25, 0.3) is 11.3 Å². The minimum absolute atomic E-state index is 0.00828. The molecular formula is C23H23F3N6O. The summed E-state index contributed by atoms with van der Waals surface area (Å²) in [6.07, 6.45) is -0.00459. The molecule has 4 N–H and O–H groups in total. The number of rotatable bonds is 9. The van der Waals surface area contributed by atoms with Gasteiger partial charge in [-0.25, -0.2) is 4.98 Å². The predicted molar refractivity (Wildman–Crippen MR) is 118 cm³/mol. The van der Waals surface area contributed by atoms with Gasteiger partial charge >= 0.3 is 6.18 Å². The Labute approximate surface area is 188 Å². The molecule has 4 rings (SSSR count). The lowest BCUT2D eigenvalue weighted by molar-refractivity contribution is -0.137. The number of aromatic nitrogens is 3. The standard InChI is InChI=1S/C23H23F3N6O/c24-23(25,26)17-13-30-22(32-21(17)31-19(20(27)33)11-14-4-5-14)29-12-15-6-8-16(9-7-15)18-3-1-2-10-28-18/h1-3,6-10,13-14,19H,4-5,11-12H2,(H2,27,33)(H2,29,30,31,32)/t19-/m1/s1. The van der Waals surface area contributed by atoms with E-state index < -0.39 is 29.5 Å². The number of primary amides is 1. The SMILES string of the molecule is NC(=O)[C@@H](CC1CC1)Nc1nc(NCc2ccc(-c3ccccn3)cc2)ncc1C(F)(F)F. The Morgan fingerprint density at radius 2 is 1.88 bits per heavy atom. The molecular weight excluding hydrogens is 433 g/mol. The van der Waals surface area contributed by atoms with Crippen LogP contribution in [-0.2, 0) is 17.5 Å². The Morgan fingerprint density at radius 1 is 1.12 bits per heavy atom. The van der Waals surface area contributed by atoms with E-state index in [2.05, 4.69) is 25.6 Å². The number of carbonyl (C=O) groups excluding carboxylic acids is 1. The Morgan fingerprint density at radius 3 is 2.48 bits per heavy atom. The first-order valence-electron chi connectivity index (χ1n) is 10.5. The van der Waals surface area contributed by atoms with Gasteiger partial charge in [-0.15, -0.1) is 0 Å². The van der Waals surface area contributed by atoms with E-state index in [9.17, 15) is 18.0 Å². The molecule has 7 nitrogen and oxygen atoms in total. The number of amides is 1. The van der Waals surface area contributed by atoms with Crippen molar-refractivity contribution in [1.82, 2.24) is 15.0 Å². The molecule has 1 saturated carbocycles. The third kappa shape index (κ3) is 5.97. The average Bonchev–Trinajstić information content (AvgIpc) is 3.62. The van der Waals surface area contributed by atoms with Gasteiger partial charge in [-0.05, 0) is 30.0 Å². The van der Waals surface area contributed by atoms with Crippen LogP contribution in [0.1, 0.15) is 30.4 Å². The number of benzene rings is 1. The maximum absolute atomic E-state index is 13.5. The van der Waals surface area contributed by atoms with E-state index in [0.717, 1.165) is 29.7 Å². The van der Waals surface area contributed by atoms with Crippen molar-refractivity contribution in [3.63, 3.8) is 0 Å². The molecule has 1 aliphatic carbocycles. The monoisotopic (exact) mass is 456 g/mol. The zero-order valence-corrected chi connectivity index (χ0v) is 17.6. The van der Waals surface area contributed by atoms with Gasteiger partial charge in [0.25, 0.3) is 0 Å².